The molecule has 0 atom stereocenters. The Hall–Kier alpha value is -0.900. The van der Waals surface area contributed by atoms with Crippen LogP contribution in [0.3, 0.4) is 0 Å². The number of aromatic nitrogens is 1. The lowest BCUT2D eigenvalue weighted by molar-refractivity contribution is 0.411. The van der Waals surface area contributed by atoms with E-state index in [1.807, 2.05) is 18.0 Å². The van der Waals surface area contributed by atoms with Gasteiger partial charge >= 0.3 is 0 Å². The Balaban J connectivity index is 1.94. The highest BCUT2D eigenvalue weighted by Crippen LogP contribution is 2.38. The first-order valence-electron chi connectivity index (χ1n) is 7.27. The molecule has 0 aromatic carbocycles. The van der Waals surface area contributed by atoms with Gasteiger partial charge in [-0.2, -0.15) is 11.8 Å². The molecular weight excluding hydrogens is 254 g/mol. The number of thioether (sulfide) groups is 1. The third kappa shape index (κ3) is 4.03. The third-order valence-corrected chi connectivity index (χ3v) is 5.35. The van der Waals surface area contributed by atoms with Crippen LogP contribution >= 0.6 is 11.8 Å². The number of hydrogen-bond donors (Lipinski definition) is 2. The molecular formula is C15H25N3S. The highest BCUT2D eigenvalue weighted by molar-refractivity contribution is 8.00. The fraction of sp³-hybridized carbons (Fsp3) is 0.667. The zero-order valence-electron chi connectivity index (χ0n) is 12.0. The van der Waals surface area contributed by atoms with Gasteiger partial charge in [-0.25, -0.2) is 4.98 Å². The van der Waals surface area contributed by atoms with Crippen molar-refractivity contribution in [3.63, 3.8) is 0 Å². The third-order valence-electron chi connectivity index (χ3n) is 3.93. The summed E-state index contributed by atoms with van der Waals surface area (Å²) in [5, 5.41) is 6.86. The van der Waals surface area contributed by atoms with Gasteiger partial charge in [0.2, 0.25) is 0 Å². The van der Waals surface area contributed by atoms with Crippen molar-refractivity contribution in [3.8, 4) is 0 Å². The Labute approximate surface area is 121 Å². The monoisotopic (exact) mass is 279 g/mol. The van der Waals surface area contributed by atoms with Crippen molar-refractivity contribution < 1.29 is 0 Å². The maximum atomic E-state index is 4.31. The first kappa shape index (κ1) is 14.5. The Morgan fingerprint density at radius 2 is 2.05 bits per heavy atom. The molecule has 1 aromatic rings. The van der Waals surface area contributed by atoms with Crippen LogP contribution in [0.25, 0.3) is 0 Å². The fourth-order valence-corrected chi connectivity index (χ4v) is 3.64. The molecule has 0 radical (unpaired) electrons. The van der Waals surface area contributed by atoms with Gasteiger partial charge < -0.3 is 10.6 Å². The summed E-state index contributed by atoms with van der Waals surface area (Å²) in [6.45, 7) is 4.06. The average molecular weight is 279 g/mol. The van der Waals surface area contributed by atoms with E-state index >= 15 is 0 Å². The largest absolute Gasteiger partial charge is 0.383 e. The van der Waals surface area contributed by atoms with Crippen LogP contribution in [-0.4, -0.2) is 29.1 Å². The van der Waals surface area contributed by atoms with E-state index in [-0.39, 0.29) is 0 Å². The van der Waals surface area contributed by atoms with Crippen LogP contribution in [0.5, 0.6) is 0 Å². The van der Waals surface area contributed by atoms with Crippen molar-refractivity contribution in [3.05, 3.63) is 18.3 Å². The summed E-state index contributed by atoms with van der Waals surface area (Å²) < 4.78 is 0.430. The lowest BCUT2D eigenvalue weighted by Gasteiger charge is -2.36. The molecule has 1 aliphatic rings. The Kier molecular flexibility index (Phi) is 5.37. The zero-order valence-corrected chi connectivity index (χ0v) is 12.9. The summed E-state index contributed by atoms with van der Waals surface area (Å²) in [5.41, 5.74) is 1.17. The van der Waals surface area contributed by atoms with Crippen molar-refractivity contribution in [1.82, 2.24) is 4.98 Å². The van der Waals surface area contributed by atoms with Crippen LogP contribution in [0, 0.1) is 0 Å². The molecule has 0 saturated heterocycles. The van der Waals surface area contributed by atoms with Gasteiger partial charge in [0.05, 0.1) is 0 Å². The van der Waals surface area contributed by atoms with E-state index in [0.29, 0.717) is 4.75 Å². The number of pyridine rings is 1. The molecule has 106 valence electrons. The van der Waals surface area contributed by atoms with Gasteiger partial charge in [0.15, 0.2) is 0 Å². The number of rotatable bonds is 6. The van der Waals surface area contributed by atoms with Gasteiger partial charge in [0, 0.05) is 35.8 Å². The molecule has 0 spiro atoms. The van der Waals surface area contributed by atoms with Gasteiger partial charge in [-0.15, -0.1) is 0 Å². The smallest absolute Gasteiger partial charge is 0.127 e. The minimum atomic E-state index is 0.430. The van der Waals surface area contributed by atoms with E-state index in [0.717, 1.165) is 18.9 Å². The Bertz CT molecular complexity index is 389. The molecule has 1 aliphatic carbocycles. The summed E-state index contributed by atoms with van der Waals surface area (Å²) in [5.74, 6) is 0.953. The first-order valence-corrected chi connectivity index (χ1v) is 8.49. The first-order chi connectivity index (χ1) is 9.28. The van der Waals surface area contributed by atoms with Crippen molar-refractivity contribution >= 4 is 23.3 Å². The van der Waals surface area contributed by atoms with Crippen molar-refractivity contribution in [2.24, 2.45) is 0 Å². The van der Waals surface area contributed by atoms with Gasteiger partial charge in [0.25, 0.3) is 0 Å². The van der Waals surface area contributed by atoms with E-state index in [1.54, 1.807) is 0 Å². The van der Waals surface area contributed by atoms with E-state index in [4.69, 9.17) is 0 Å². The quantitative estimate of drug-likeness (QED) is 0.825. The topological polar surface area (TPSA) is 37.0 Å². The molecule has 0 amide bonds. The summed E-state index contributed by atoms with van der Waals surface area (Å²) >= 11 is 2.03. The maximum Gasteiger partial charge on any atom is 0.127 e. The van der Waals surface area contributed by atoms with Crippen molar-refractivity contribution in [2.45, 2.75) is 43.8 Å². The molecule has 0 aliphatic heterocycles. The molecule has 4 heteroatoms. The molecule has 3 nitrogen and oxygen atoms in total. The van der Waals surface area contributed by atoms with Crippen molar-refractivity contribution in [1.29, 1.82) is 0 Å². The molecule has 2 N–H and O–H groups in total. The van der Waals surface area contributed by atoms with Crippen LogP contribution in [0.2, 0.25) is 0 Å². The number of nitrogens with zero attached hydrogens (tertiary/aromatic N) is 1. The number of nitrogens with one attached hydrogen (secondary N) is 2. The predicted molar refractivity (Wildman–Crippen MR) is 86.2 cm³/mol. The molecule has 0 unspecified atom stereocenters. The van der Waals surface area contributed by atoms with E-state index < -0.39 is 0 Å². The second kappa shape index (κ2) is 7.04. The molecule has 1 heterocycles. The van der Waals surface area contributed by atoms with E-state index in [1.165, 1.54) is 37.8 Å². The predicted octanol–water partition coefficient (Wildman–Crippen LogP) is 3.99. The highest BCUT2D eigenvalue weighted by atomic mass is 32.2. The summed E-state index contributed by atoms with van der Waals surface area (Å²) in [7, 11) is 0. The summed E-state index contributed by atoms with van der Waals surface area (Å²) in [6.07, 6.45) is 11.0. The minimum absolute atomic E-state index is 0.430. The van der Waals surface area contributed by atoms with Gasteiger partial charge in [-0.1, -0.05) is 19.3 Å². The molecule has 1 saturated carbocycles. The van der Waals surface area contributed by atoms with Crippen molar-refractivity contribution in [2.75, 3.05) is 30.0 Å². The highest BCUT2D eigenvalue weighted by Gasteiger charge is 2.30. The molecule has 0 bridgehead atoms. The average Bonchev–Trinajstić information content (AvgIpc) is 2.47. The molecule has 1 aromatic heterocycles. The van der Waals surface area contributed by atoms with Gasteiger partial charge in [-0.05, 0) is 32.1 Å². The lowest BCUT2D eigenvalue weighted by Crippen LogP contribution is -2.35. The molecule has 19 heavy (non-hydrogen) atoms. The van der Waals surface area contributed by atoms with Crippen LogP contribution in [0.1, 0.15) is 39.0 Å². The van der Waals surface area contributed by atoms with Crippen LogP contribution in [-0.2, 0) is 0 Å². The maximum absolute atomic E-state index is 4.31. The van der Waals surface area contributed by atoms with Gasteiger partial charge in [-0.3, -0.25) is 0 Å². The molecule has 2 rings (SSSR count). The normalized spacial score (nSPS) is 18.0. The van der Waals surface area contributed by atoms with Crippen LogP contribution in [0.15, 0.2) is 18.3 Å². The number of hydrogen-bond acceptors (Lipinski definition) is 4. The second-order valence-electron chi connectivity index (χ2n) is 5.26. The Morgan fingerprint density at radius 3 is 2.74 bits per heavy atom. The SMILES string of the molecule is CCNc1cc(NCC2(SC)CCCCC2)ccn1. The lowest BCUT2D eigenvalue weighted by atomic mass is 9.88. The summed E-state index contributed by atoms with van der Waals surface area (Å²) in [4.78, 5) is 4.31. The van der Waals surface area contributed by atoms with Crippen LogP contribution < -0.4 is 10.6 Å². The minimum Gasteiger partial charge on any atom is -0.383 e. The standard InChI is InChI=1S/C15H25N3S/c1-3-16-14-11-13(7-10-17-14)18-12-15(19-2)8-5-4-6-9-15/h7,10-11H,3-6,8-9,12H2,1-2H3,(H2,16,17,18). The number of anilines is 2. The summed E-state index contributed by atoms with van der Waals surface area (Å²) in [6, 6.07) is 4.15. The Morgan fingerprint density at radius 1 is 1.26 bits per heavy atom. The van der Waals surface area contributed by atoms with E-state index in [2.05, 4.69) is 40.9 Å². The molecule has 1 fully saturated rings. The fourth-order valence-electron chi connectivity index (χ4n) is 2.73. The van der Waals surface area contributed by atoms with E-state index in [9.17, 15) is 0 Å². The van der Waals surface area contributed by atoms with Crippen LogP contribution in [0.4, 0.5) is 11.5 Å². The second-order valence-corrected chi connectivity index (χ2v) is 6.54. The van der Waals surface area contributed by atoms with Gasteiger partial charge in [0.1, 0.15) is 5.82 Å². The zero-order chi connectivity index (χ0) is 13.6.